The highest BCUT2D eigenvalue weighted by atomic mass is 16.3. The number of nitrogens with zero attached hydrogens (tertiary/aromatic N) is 1. The topological polar surface area (TPSA) is 52.6 Å². The Morgan fingerprint density at radius 2 is 2.15 bits per heavy atom. The summed E-state index contributed by atoms with van der Waals surface area (Å²) in [6.45, 7) is 5.17. The minimum atomic E-state index is -0.470. The van der Waals surface area contributed by atoms with Crippen molar-refractivity contribution in [1.82, 2.24) is 10.2 Å². The molecule has 0 bridgehead atoms. The monoisotopic (exact) mass is 186 g/mol. The van der Waals surface area contributed by atoms with E-state index in [1.165, 1.54) is 0 Å². The Morgan fingerprint density at radius 1 is 1.54 bits per heavy atom. The first-order chi connectivity index (χ1) is 6.24. The summed E-state index contributed by atoms with van der Waals surface area (Å²) in [5, 5.41) is 12.5. The number of hydrogen-bond donors (Lipinski definition) is 2. The summed E-state index contributed by atoms with van der Waals surface area (Å²) >= 11 is 0. The number of nitrogens with one attached hydrogen (secondary N) is 1. The van der Waals surface area contributed by atoms with Crippen molar-refractivity contribution < 1.29 is 9.90 Å². The lowest BCUT2D eigenvalue weighted by Crippen LogP contribution is -2.47. The Morgan fingerprint density at radius 3 is 2.69 bits per heavy atom. The Hall–Kier alpha value is -0.610. The fourth-order valence-corrected chi connectivity index (χ4v) is 1.39. The molecule has 1 heterocycles. The molecule has 13 heavy (non-hydrogen) atoms. The van der Waals surface area contributed by atoms with Gasteiger partial charge >= 0.3 is 0 Å². The van der Waals surface area contributed by atoms with Crippen LogP contribution in [0.4, 0.5) is 0 Å². The SMILES string of the molecule is CCC(O)CC(=O)N1CCNCC1. The van der Waals surface area contributed by atoms with E-state index in [9.17, 15) is 9.90 Å². The second-order valence-electron chi connectivity index (χ2n) is 3.40. The summed E-state index contributed by atoms with van der Waals surface area (Å²) in [6, 6.07) is 0. The number of aliphatic hydroxyl groups excluding tert-OH is 1. The molecule has 0 aliphatic carbocycles. The standard InChI is InChI=1S/C9H18N2O2/c1-2-8(12)7-9(13)11-5-3-10-4-6-11/h8,10,12H,2-7H2,1H3. The number of hydrogen-bond acceptors (Lipinski definition) is 3. The van der Waals surface area contributed by atoms with Crippen LogP contribution in [0.1, 0.15) is 19.8 Å². The maximum atomic E-state index is 11.5. The molecule has 1 unspecified atom stereocenters. The third kappa shape index (κ3) is 3.32. The van der Waals surface area contributed by atoms with Crippen molar-refractivity contribution in [3.8, 4) is 0 Å². The van der Waals surface area contributed by atoms with Gasteiger partial charge in [0.25, 0.3) is 0 Å². The number of carbonyl (C=O) groups is 1. The molecule has 1 fully saturated rings. The van der Waals surface area contributed by atoms with E-state index in [4.69, 9.17) is 0 Å². The van der Waals surface area contributed by atoms with Gasteiger partial charge in [-0.15, -0.1) is 0 Å². The highest BCUT2D eigenvalue weighted by Gasteiger charge is 2.18. The molecule has 0 aromatic carbocycles. The van der Waals surface area contributed by atoms with Gasteiger partial charge in [0.2, 0.25) is 5.91 Å². The zero-order valence-corrected chi connectivity index (χ0v) is 8.12. The van der Waals surface area contributed by atoms with E-state index >= 15 is 0 Å². The van der Waals surface area contributed by atoms with Gasteiger partial charge in [-0.25, -0.2) is 0 Å². The molecular weight excluding hydrogens is 168 g/mol. The Labute approximate surface area is 78.9 Å². The number of piperazine rings is 1. The Bertz CT molecular complexity index is 167. The summed E-state index contributed by atoms with van der Waals surface area (Å²) in [4.78, 5) is 13.3. The number of amides is 1. The molecule has 1 aliphatic heterocycles. The minimum Gasteiger partial charge on any atom is -0.393 e. The van der Waals surface area contributed by atoms with Gasteiger partial charge in [-0.05, 0) is 6.42 Å². The van der Waals surface area contributed by atoms with Crippen LogP contribution in [-0.2, 0) is 4.79 Å². The second kappa shape index (κ2) is 5.19. The third-order valence-electron chi connectivity index (χ3n) is 2.35. The highest BCUT2D eigenvalue weighted by Crippen LogP contribution is 2.02. The molecule has 76 valence electrons. The Balaban J connectivity index is 2.29. The van der Waals surface area contributed by atoms with Gasteiger partial charge in [0.15, 0.2) is 0 Å². The molecule has 0 spiro atoms. The first-order valence-corrected chi connectivity index (χ1v) is 4.90. The normalized spacial score (nSPS) is 20.0. The van der Waals surface area contributed by atoms with Crippen molar-refractivity contribution in [2.75, 3.05) is 26.2 Å². The lowest BCUT2D eigenvalue weighted by molar-refractivity contribution is -0.133. The summed E-state index contributed by atoms with van der Waals surface area (Å²) in [6.07, 6.45) is 0.455. The lowest BCUT2D eigenvalue weighted by atomic mass is 10.2. The fraction of sp³-hybridized carbons (Fsp3) is 0.889. The summed E-state index contributed by atoms with van der Waals surface area (Å²) in [7, 11) is 0. The number of aliphatic hydroxyl groups is 1. The zero-order valence-electron chi connectivity index (χ0n) is 8.12. The number of rotatable bonds is 3. The largest absolute Gasteiger partial charge is 0.393 e. The van der Waals surface area contributed by atoms with Gasteiger partial charge in [-0.2, -0.15) is 0 Å². The van der Waals surface area contributed by atoms with E-state index in [0.717, 1.165) is 26.2 Å². The highest BCUT2D eigenvalue weighted by molar-refractivity contribution is 5.76. The van der Waals surface area contributed by atoms with Crippen LogP contribution in [0, 0.1) is 0 Å². The third-order valence-corrected chi connectivity index (χ3v) is 2.35. The summed E-state index contributed by atoms with van der Waals surface area (Å²) < 4.78 is 0. The van der Waals surface area contributed by atoms with Gasteiger partial charge in [0, 0.05) is 26.2 Å². The maximum absolute atomic E-state index is 11.5. The van der Waals surface area contributed by atoms with Crippen molar-refractivity contribution in [3.63, 3.8) is 0 Å². The number of carbonyl (C=O) groups excluding carboxylic acids is 1. The van der Waals surface area contributed by atoms with Gasteiger partial charge in [-0.3, -0.25) is 4.79 Å². The van der Waals surface area contributed by atoms with Crippen molar-refractivity contribution in [3.05, 3.63) is 0 Å². The Kier molecular flexibility index (Phi) is 4.18. The van der Waals surface area contributed by atoms with Crippen LogP contribution in [0.25, 0.3) is 0 Å². The van der Waals surface area contributed by atoms with Crippen molar-refractivity contribution in [2.24, 2.45) is 0 Å². The predicted molar refractivity (Wildman–Crippen MR) is 50.4 cm³/mol. The molecule has 1 atom stereocenters. The van der Waals surface area contributed by atoms with Crippen molar-refractivity contribution >= 4 is 5.91 Å². The van der Waals surface area contributed by atoms with Crippen LogP contribution in [0.2, 0.25) is 0 Å². The van der Waals surface area contributed by atoms with Crippen LogP contribution in [0.3, 0.4) is 0 Å². The van der Waals surface area contributed by atoms with Crippen LogP contribution in [0.15, 0.2) is 0 Å². The molecule has 2 N–H and O–H groups in total. The molecule has 1 rings (SSSR count). The van der Waals surface area contributed by atoms with E-state index in [0.29, 0.717) is 6.42 Å². The summed E-state index contributed by atoms with van der Waals surface area (Å²) in [5.41, 5.74) is 0. The molecule has 1 saturated heterocycles. The van der Waals surface area contributed by atoms with Crippen molar-refractivity contribution in [1.29, 1.82) is 0 Å². The second-order valence-corrected chi connectivity index (χ2v) is 3.40. The van der Waals surface area contributed by atoms with Crippen molar-refractivity contribution in [2.45, 2.75) is 25.9 Å². The van der Waals surface area contributed by atoms with Gasteiger partial charge in [0.1, 0.15) is 0 Å². The van der Waals surface area contributed by atoms with E-state index in [-0.39, 0.29) is 12.3 Å². The average molecular weight is 186 g/mol. The van der Waals surface area contributed by atoms with Gasteiger partial charge in [0.05, 0.1) is 12.5 Å². The smallest absolute Gasteiger partial charge is 0.225 e. The van der Waals surface area contributed by atoms with E-state index < -0.39 is 6.10 Å². The maximum Gasteiger partial charge on any atom is 0.225 e. The van der Waals surface area contributed by atoms with Crippen LogP contribution >= 0.6 is 0 Å². The van der Waals surface area contributed by atoms with E-state index in [1.54, 1.807) is 0 Å². The molecular formula is C9H18N2O2. The zero-order chi connectivity index (χ0) is 9.68. The average Bonchev–Trinajstić information content (AvgIpc) is 2.19. The molecule has 1 amide bonds. The summed E-state index contributed by atoms with van der Waals surface area (Å²) in [5.74, 6) is 0.0795. The minimum absolute atomic E-state index is 0.0795. The molecule has 0 saturated carbocycles. The molecule has 4 nitrogen and oxygen atoms in total. The molecule has 4 heteroatoms. The first-order valence-electron chi connectivity index (χ1n) is 4.90. The molecule has 1 aliphatic rings. The first kappa shape index (κ1) is 10.5. The van der Waals surface area contributed by atoms with Crippen LogP contribution in [-0.4, -0.2) is 48.2 Å². The van der Waals surface area contributed by atoms with Crippen LogP contribution < -0.4 is 5.32 Å². The van der Waals surface area contributed by atoms with E-state index in [2.05, 4.69) is 5.32 Å². The van der Waals surface area contributed by atoms with Gasteiger partial charge < -0.3 is 15.3 Å². The fourth-order valence-electron chi connectivity index (χ4n) is 1.39. The van der Waals surface area contributed by atoms with Crippen LogP contribution in [0.5, 0.6) is 0 Å². The molecule has 0 radical (unpaired) electrons. The lowest BCUT2D eigenvalue weighted by Gasteiger charge is -2.28. The predicted octanol–water partition coefficient (Wildman–Crippen LogP) is -0.421. The molecule has 0 aromatic heterocycles. The van der Waals surface area contributed by atoms with E-state index in [1.807, 2.05) is 11.8 Å². The molecule has 0 aromatic rings. The van der Waals surface area contributed by atoms with Gasteiger partial charge in [-0.1, -0.05) is 6.92 Å². The quantitative estimate of drug-likeness (QED) is 0.629.